The highest BCUT2D eigenvalue weighted by atomic mass is 32.2. The second kappa shape index (κ2) is 7.39. The van der Waals surface area contributed by atoms with Gasteiger partial charge in [-0.05, 0) is 42.4 Å². The molecule has 0 saturated heterocycles. The molecule has 0 amide bonds. The fourth-order valence-electron chi connectivity index (χ4n) is 1.85. The molecule has 3 rings (SSSR count). The van der Waals surface area contributed by atoms with E-state index >= 15 is 0 Å². The van der Waals surface area contributed by atoms with Crippen molar-refractivity contribution in [3.8, 4) is 0 Å². The maximum Gasteiger partial charge on any atom is 0.341 e. The van der Waals surface area contributed by atoms with Crippen molar-refractivity contribution < 1.29 is 17.5 Å². The van der Waals surface area contributed by atoms with Crippen molar-refractivity contribution in [1.82, 2.24) is 4.98 Å². The maximum atomic E-state index is 10.4. The van der Waals surface area contributed by atoms with E-state index in [1.54, 1.807) is 35.2 Å². The van der Waals surface area contributed by atoms with E-state index in [1.165, 1.54) is 21.2 Å². The highest BCUT2D eigenvalue weighted by Gasteiger charge is 2.14. The van der Waals surface area contributed by atoms with E-state index < -0.39 is 10.1 Å². The summed E-state index contributed by atoms with van der Waals surface area (Å²) in [6, 6.07) is 9.86. The van der Waals surface area contributed by atoms with Crippen LogP contribution in [-0.4, -0.2) is 24.2 Å². The first-order valence-corrected chi connectivity index (χ1v) is 10.1. The van der Waals surface area contributed by atoms with Gasteiger partial charge in [0, 0.05) is 0 Å². The quantitative estimate of drug-likeness (QED) is 0.395. The van der Waals surface area contributed by atoms with E-state index in [0.717, 1.165) is 11.2 Å². The molecule has 3 aromatic rings. The van der Waals surface area contributed by atoms with Crippen molar-refractivity contribution in [3.63, 3.8) is 0 Å². The molecular formula is C15H16N2O3S3. The zero-order valence-corrected chi connectivity index (χ0v) is 15.3. The molecule has 2 aromatic heterocycles. The van der Waals surface area contributed by atoms with Crippen molar-refractivity contribution in [2.24, 2.45) is 7.05 Å². The molecule has 0 unspecified atom stereocenters. The molecule has 0 radical (unpaired) electrons. The summed E-state index contributed by atoms with van der Waals surface area (Å²) in [4.78, 5) is 4.13. The maximum absolute atomic E-state index is 10.4. The van der Waals surface area contributed by atoms with Gasteiger partial charge in [-0.15, -0.1) is 0 Å². The summed E-state index contributed by atoms with van der Waals surface area (Å²) in [6.45, 7) is 1.82. The summed E-state index contributed by atoms with van der Waals surface area (Å²) in [5.74, 6) is 0. The summed E-state index contributed by atoms with van der Waals surface area (Å²) in [6.07, 6.45) is 3.92. The fraction of sp³-hybridized carbons (Fsp3) is 0.200. The molecule has 0 spiro atoms. The lowest BCUT2D eigenvalue weighted by molar-refractivity contribution is -0.678. The summed E-state index contributed by atoms with van der Waals surface area (Å²) in [5.41, 5.74) is 2.00. The Morgan fingerprint density at radius 1 is 1.22 bits per heavy atom. The van der Waals surface area contributed by atoms with Crippen LogP contribution < -0.4 is 4.57 Å². The number of hydrogen-bond acceptors (Lipinski definition) is 6. The van der Waals surface area contributed by atoms with E-state index in [2.05, 4.69) is 28.9 Å². The molecule has 1 aromatic carbocycles. The number of aromatic nitrogens is 2. The monoisotopic (exact) mass is 368 g/mol. The molecule has 0 N–H and O–H groups in total. The Morgan fingerprint density at radius 2 is 1.87 bits per heavy atom. The minimum Gasteiger partial charge on any atom is -0.744 e. The number of nitrogens with zero attached hydrogens (tertiary/aromatic N) is 2. The van der Waals surface area contributed by atoms with Crippen LogP contribution in [0.2, 0.25) is 0 Å². The molecule has 5 nitrogen and oxygen atoms in total. The Balaban J connectivity index is 0.000000168. The van der Waals surface area contributed by atoms with Gasteiger partial charge in [0.15, 0.2) is 0 Å². The smallest absolute Gasteiger partial charge is 0.341 e. The summed E-state index contributed by atoms with van der Waals surface area (Å²) >= 11 is 3.55. The Labute approximate surface area is 143 Å². The van der Waals surface area contributed by atoms with Crippen LogP contribution in [0.4, 0.5) is 0 Å². The van der Waals surface area contributed by atoms with Crippen molar-refractivity contribution >= 4 is 43.6 Å². The Bertz CT molecular complexity index is 903. The second-order valence-corrected chi connectivity index (χ2v) is 8.19. The van der Waals surface area contributed by atoms with Gasteiger partial charge < -0.3 is 4.55 Å². The van der Waals surface area contributed by atoms with Gasteiger partial charge in [-0.2, -0.15) is 0 Å². The third-order valence-electron chi connectivity index (χ3n) is 3.02. The van der Waals surface area contributed by atoms with Gasteiger partial charge in [-0.1, -0.05) is 40.8 Å². The Kier molecular flexibility index (Phi) is 5.74. The van der Waals surface area contributed by atoms with Crippen LogP contribution in [0.25, 0.3) is 10.3 Å². The third-order valence-corrected chi connectivity index (χ3v) is 6.23. The molecule has 0 aliphatic carbocycles. The van der Waals surface area contributed by atoms with E-state index in [0.29, 0.717) is 0 Å². The Morgan fingerprint density at radius 3 is 2.39 bits per heavy atom. The fourth-order valence-corrected chi connectivity index (χ4v) is 4.12. The van der Waals surface area contributed by atoms with Crippen LogP contribution in [0, 0.1) is 6.92 Å². The summed E-state index contributed by atoms with van der Waals surface area (Å²) in [7, 11) is -2.22. The van der Waals surface area contributed by atoms with E-state index in [-0.39, 0.29) is 4.90 Å². The number of hydrogen-bond donors (Lipinski definition) is 0. The van der Waals surface area contributed by atoms with Crippen LogP contribution in [0.3, 0.4) is 0 Å². The number of pyridine rings is 1. The second-order valence-electron chi connectivity index (χ2n) is 4.72. The lowest BCUT2D eigenvalue weighted by atomic mass is 10.2. The highest BCUT2D eigenvalue weighted by Crippen LogP contribution is 2.23. The number of aryl methyl sites for hydroxylation is 2. The van der Waals surface area contributed by atoms with Crippen molar-refractivity contribution in [2.45, 2.75) is 16.2 Å². The summed E-state index contributed by atoms with van der Waals surface area (Å²) in [5, 5.41) is 0. The van der Waals surface area contributed by atoms with Crippen LogP contribution in [0.5, 0.6) is 0 Å². The lowest BCUT2D eigenvalue weighted by Crippen LogP contribution is -2.28. The van der Waals surface area contributed by atoms with Gasteiger partial charge in [0.25, 0.3) is 0 Å². The topological polar surface area (TPSA) is 74.0 Å². The SMILES string of the molecule is CSc1sc2cccnc2[n+]1C.Cc1ccc(S(=O)(=O)[O-])cc1. The first-order chi connectivity index (χ1) is 10.8. The molecule has 0 aliphatic heterocycles. The number of thioether (sulfide) groups is 1. The molecule has 0 atom stereocenters. The van der Waals surface area contributed by atoms with Gasteiger partial charge in [-0.3, -0.25) is 0 Å². The first kappa shape index (κ1) is 17.9. The molecule has 0 aliphatic rings. The molecule has 0 bridgehead atoms. The third kappa shape index (κ3) is 4.51. The normalized spacial score (nSPS) is 11.1. The van der Waals surface area contributed by atoms with E-state index in [1.807, 2.05) is 19.2 Å². The van der Waals surface area contributed by atoms with Crippen LogP contribution in [0.15, 0.2) is 51.8 Å². The standard InChI is InChI=1S/C8H9N2S2.C7H8O3S/c1-10-7-6(4-3-5-9-7)12-8(10)11-2;1-6-2-4-7(5-3-6)11(8,9)10/h3-5H,1-2H3;2-5H,1H3,(H,8,9,10)/q+1;/p-1. The van der Waals surface area contributed by atoms with Gasteiger partial charge >= 0.3 is 5.65 Å². The largest absolute Gasteiger partial charge is 0.744 e. The number of thiazole rings is 1. The van der Waals surface area contributed by atoms with Crippen molar-refractivity contribution in [3.05, 3.63) is 48.2 Å². The Hall–Kier alpha value is -1.48. The number of fused-ring (bicyclic) bond motifs is 1. The van der Waals surface area contributed by atoms with Crippen LogP contribution >= 0.6 is 23.1 Å². The molecule has 8 heteroatoms. The minimum absolute atomic E-state index is 0.178. The number of benzene rings is 1. The van der Waals surface area contributed by atoms with Gasteiger partial charge in [-0.25, -0.2) is 13.0 Å². The predicted molar refractivity (Wildman–Crippen MR) is 91.7 cm³/mol. The molecule has 0 fully saturated rings. The van der Waals surface area contributed by atoms with Crippen molar-refractivity contribution in [2.75, 3.05) is 6.26 Å². The predicted octanol–water partition coefficient (Wildman–Crippen LogP) is 2.74. The number of rotatable bonds is 2. The zero-order valence-electron chi connectivity index (χ0n) is 12.9. The first-order valence-electron chi connectivity index (χ1n) is 6.63. The molecule has 0 saturated carbocycles. The lowest BCUT2D eigenvalue weighted by Gasteiger charge is -2.05. The molecule has 23 heavy (non-hydrogen) atoms. The average molecular weight is 369 g/mol. The van der Waals surface area contributed by atoms with Gasteiger partial charge in [0.2, 0.25) is 4.34 Å². The van der Waals surface area contributed by atoms with Crippen molar-refractivity contribution in [1.29, 1.82) is 0 Å². The van der Waals surface area contributed by atoms with Gasteiger partial charge in [0.05, 0.1) is 11.9 Å². The molecule has 122 valence electrons. The molecular weight excluding hydrogens is 352 g/mol. The van der Waals surface area contributed by atoms with Crippen LogP contribution in [-0.2, 0) is 17.2 Å². The highest BCUT2D eigenvalue weighted by molar-refractivity contribution is 8.00. The zero-order chi connectivity index (χ0) is 17.0. The van der Waals surface area contributed by atoms with E-state index in [9.17, 15) is 13.0 Å². The average Bonchev–Trinajstić information content (AvgIpc) is 2.84. The minimum atomic E-state index is -4.27. The molecule has 2 heterocycles. The van der Waals surface area contributed by atoms with Crippen LogP contribution in [0.1, 0.15) is 5.56 Å². The summed E-state index contributed by atoms with van der Waals surface area (Å²) < 4.78 is 35.8. The van der Waals surface area contributed by atoms with E-state index in [4.69, 9.17) is 0 Å². The van der Waals surface area contributed by atoms with Gasteiger partial charge in [0.1, 0.15) is 21.0 Å².